The highest BCUT2D eigenvalue weighted by Gasteiger charge is 2.53. The summed E-state index contributed by atoms with van der Waals surface area (Å²) >= 11 is 14.8. The number of halogens is 3. The third-order valence-electron chi connectivity index (χ3n) is 14.5. The lowest BCUT2D eigenvalue weighted by Gasteiger charge is -2.32. The highest BCUT2D eigenvalue weighted by Crippen LogP contribution is 2.39. The first-order chi connectivity index (χ1) is 41.6. The number of para-hydroxylation sites is 2. The van der Waals surface area contributed by atoms with Gasteiger partial charge in [0.15, 0.2) is 5.65 Å². The van der Waals surface area contributed by atoms with Crippen LogP contribution in [0.4, 0.5) is 34.9 Å². The number of aromatic nitrogens is 12. The number of pyridine rings is 2. The summed E-state index contributed by atoms with van der Waals surface area (Å²) in [4.78, 5) is 33.5. The van der Waals surface area contributed by atoms with Crippen LogP contribution in [-0.4, -0.2) is 98.2 Å². The monoisotopic (exact) mass is 1330 g/mol. The van der Waals surface area contributed by atoms with E-state index in [-0.39, 0.29) is 23.2 Å². The SMILES string of the molecule is Cn1cc(-c2cnc3[nH]cc(-c4cc(N(CCC#N)c5ccccc5Cl)nc(N)n4)c3c2)cn1.Cn1cc(-c2cnc3c(c2)c(B2OC(C)(C)C(C)(C)O2)cn3S(=O)(=O)c2ccccc2)cn1.N#CCCN(c1cc(I)nc(N)n1)c1ccccc1Cl. The molecule has 1 fully saturated rings. The van der Waals surface area contributed by atoms with Crippen LogP contribution in [0.3, 0.4) is 0 Å². The molecule has 0 amide bonds. The van der Waals surface area contributed by atoms with Crippen LogP contribution < -0.4 is 26.7 Å². The third-order valence-corrected chi connectivity index (χ3v) is 17.4. The number of H-pyrrole nitrogens is 1. The van der Waals surface area contributed by atoms with Gasteiger partial charge in [-0.05, 0) is 98.8 Å². The Labute approximate surface area is 525 Å². The van der Waals surface area contributed by atoms with E-state index in [9.17, 15) is 13.7 Å². The Kier molecular flexibility index (Phi) is 18.0. The quantitative estimate of drug-likeness (QED) is 0.0518. The Balaban J connectivity index is 0.000000150. The predicted molar refractivity (Wildman–Crippen MR) is 347 cm³/mol. The lowest BCUT2D eigenvalue weighted by atomic mass is 9.79. The van der Waals surface area contributed by atoms with Gasteiger partial charge in [-0.2, -0.15) is 30.7 Å². The van der Waals surface area contributed by atoms with Crippen LogP contribution in [-0.2, 0) is 33.4 Å². The molecule has 0 saturated carbocycles. The number of nitrogens with one attached hydrogen (secondary N) is 1. The molecule has 0 radical (unpaired) electrons. The Morgan fingerprint density at radius 2 is 1.18 bits per heavy atom. The first-order valence-electron chi connectivity index (χ1n) is 27.0. The average molecular weight is 1330 g/mol. The van der Waals surface area contributed by atoms with Gasteiger partial charge in [-0.15, -0.1) is 0 Å². The van der Waals surface area contributed by atoms with E-state index in [0.29, 0.717) is 63.4 Å². The highest BCUT2D eigenvalue weighted by molar-refractivity contribution is 14.1. The maximum absolute atomic E-state index is 13.5. The van der Waals surface area contributed by atoms with E-state index >= 15 is 0 Å². The fraction of sp³-hybridized carbons (Fsp3) is 0.200. The summed E-state index contributed by atoms with van der Waals surface area (Å²) in [6.07, 6.45) is 14.9. The standard InChI is InChI=1S/C24H20ClN9.C23H25BN4O4S.C13H11ClIN5/c1-33-14-16(12-30-33)15-9-17-18(13-29-23(17)28-11-15)20-10-22(32-24(27)31-20)34(8-4-7-26)21-6-3-2-5-19(21)25;1-22(2)23(3,4)32-24(31-22)20-15-28(33(29,30)18-9-7-6-8-10-18)21-19(20)11-16(12-25-21)17-13-26-27(5)14-17;14-9-4-1-2-5-10(9)20(7-3-6-16)12-8-11(15)18-13(17)19-12/h2-3,5-6,9-14H,4,8H2,1H3,(H,28,29)(H2,27,31,32);6-15H,1-5H3;1-2,4-5,8H,3,7H2,(H2,17,18,19). The van der Waals surface area contributed by atoms with Crippen LogP contribution in [0.25, 0.3) is 55.6 Å². The van der Waals surface area contributed by atoms with E-state index in [2.05, 4.69) is 79.8 Å². The molecule has 1 aliphatic heterocycles. The predicted octanol–water partition coefficient (Wildman–Crippen LogP) is 11.0. The number of hydrogen-bond acceptors (Lipinski definition) is 18. The largest absolute Gasteiger partial charge is 0.497 e. The molecule has 8 aromatic heterocycles. The van der Waals surface area contributed by atoms with Crippen molar-refractivity contribution in [3.05, 3.63) is 166 Å². The van der Waals surface area contributed by atoms with Gasteiger partial charge in [0.2, 0.25) is 11.9 Å². The number of fused-ring (bicyclic) bond motifs is 2. The summed E-state index contributed by atoms with van der Waals surface area (Å²) in [7, 11) is -0.903. The number of anilines is 6. The minimum Gasteiger partial charge on any atom is -0.399 e. The van der Waals surface area contributed by atoms with Gasteiger partial charge in [-0.25, -0.2) is 32.3 Å². The number of nitrogens with two attached hydrogens (primary N) is 2. The molecule has 0 bridgehead atoms. The number of aromatic amines is 1. The minimum absolute atomic E-state index is 0.118. The molecule has 0 aliphatic carbocycles. The van der Waals surface area contributed by atoms with Crippen molar-refractivity contribution in [1.29, 1.82) is 10.5 Å². The molecule has 3 aromatic carbocycles. The highest BCUT2D eigenvalue weighted by atomic mass is 127. The maximum Gasteiger partial charge on any atom is 0.497 e. The molecule has 0 spiro atoms. The van der Waals surface area contributed by atoms with E-state index in [4.69, 9.17) is 49.2 Å². The van der Waals surface area contributed by atoms with Crippen LogP contribution in [0.1, 0.15) is 40.5 Å². The summed E-state index contributed by atoms with van der Waals surface area (Å²) in [5, 5.41) is 29.2. The maximum atomic E-state index is 13.5. The van der Waals surface area contributed by atoms with Crippen LogP contribution in [0.5, 0.6) is 0 Å². The molecule has 12 rings (SSSR count). The molecular formula is C60H56BCl2IN18O4S. The molecule has 1 aliphatic rings. The van der Waals surface area contributed by atoms with Crippen LogP contribution in [0.15, 0.2) is 158 Å². The molecule has 0 unspecified atom stereocenters. The Bertz CT molecular complexity index is 4490. The van der Waals surface area contributed by atoms with Crippen molar-refractivity contribution < 1.29 is 17.7 Å². The van der Waals surface area contributed by atoms with E-state index < -0.39 is 28.3 Å². The fourth-order valence-corrected chi connectivity index (χ4v) is 11.8. The average Bonchev–Trinajstić information content (AvgIpc) is 1.65. The van der Waals surface area contributed by atoms with Crippen molar-refractivity contribution in [2.24, 2.45) is 14.1 Å². The number of aryl methyl sites for hydroxylation is 2. The summed E-state index contributed by atoms with van der Waals surface area (Å²) in [5.74, 6) is 1.50. The van der Waals surface area contributed by atoms with Crippen molar-refractivity contribution >= 4 is 125 Å². The van der Waals surface area contributed by atoms with Gasteiger partial charge < -0.3 is 35.6 Å². The number of rotatable bonds is 14. The first kappa shape index (κ1) is 61.1. The molecule has 5 N–H and O–H groups in total. The van der Waals surface area contributed by atoms with E-state index in [1.165, 1.54) is 3.97 Å². The van der Waals surface area contributed by atoms with Crippen molar-refractivity contribution in [3.8, 4) is 45.6 Å². The molecule has 22 nitrogen and oxygen atoms in total. The lowest BCUT2D eigenvalue weighted by molar-refractivity contribution is 0.00578. The molecule has 440 valence electrons. The summed E-state index contributed by atoms with van der Waals surface area (Å²) in [6, 6.07) is 35.1. The topological polar surface area (TPSA) is 292 Å². The fourth-order valence-electron chi connectivity index (χ4n) is 9.49. The van der Waals surface area contributed by atoms with Gasteiger partial charge in [0.05, 0.1) is 80.6 Å². The second-order valence-corrected chi connectivity index (χ2v) is 24.6. The normalized spacial score (nSPS) is 13.3. The summed E-state index contributed by atoms with van der Waals surface area (Å²) in [5.41, 5.74) is 18.9. The summed E-state index contributed by atoms with van der Waals surface area (Å²) in [6.45, 7) is 8.74. The minimum atomic E-state index is -3.88. The summed E-state index contributed by atoms with van der Waals surface area (Å²) < 4.78 is 45.0. The van der Waals surface area contributed by atoms with Crippen molar-refractivity contribution in [2.45, 2.75) is 56.6 Å². The number of nitrogens with zero attached hydrogens (tertiary/aromatic N) is 15. The second kappa shape index (κ2) is 25.6. The molecule has 11 aromatic rings. The van der Waals surface area contributed by atoms with Crippen LogP contribution in [0, 0.1) is 26.4 Å². The molecule has 1 saturated heterocycles. The van der Waals surface area contributed by atoms with Gasteiger partial charge in [-0.3, -0.25) is 9.36 Å². The molecule has 0 atom stereocenters. The van der Waals surface area contributed by atoms with Gasteiger partial charge >= 0.3 is 7.12 Å². The molecule has 9 heterocycles. The van der Waals surface area contributed by atoms with Gasteiger partial charge in [-0.1, -0.05) is 65.7 Å². The van der Waals surface area contributed by atoms with Crippen molar-refractivity contribution in [2.75, 3.05) is 34.4 Å². The van der Waals surface area contributed by atoms with E-state index in [0.717, 1.165) is 53.9 Å². The van der Waals surface area contributed by atoms with Gasteiger partial charge in [0.25, 0.3) is 10.0 Å². The third kappa shape index (κ3) is 13.2. The number of benzene rings is 3. The van der Waals surface area contributed by atoms with Gasteiger partial charge in [0.1, 0.15) is 21.0 Å². The Morgan fingerprint density at radius 1 is 0.667 bits per heavy atom. The zero-order chi connectivity index (χ0) is 61.8. The van der Waals surface area contributed by atoms with Crippen molar-refractivity contribution in [1.82, 2.24) is 58.4 Å². The van der Waals surface area contributed by atoms with Crippen LogP contribution >= 0.6 is 45.8 Å². The zero-order valence-electron chi connectivity index (χ0n) is 47.9. The second-order valence-electron chi connectivity index (χ2n) is 20.9. The number of nitrogen functional groups attached to an aromatic ring is 2. The van der Waals surface area contributed by atoms with Crippen LogP contribution in [0.2, 0.25) is 10.0 Å². The van der Waals surface area contributed by atoms with Gasteiger partial charge in [0, 0.05) is 121 Å². The molecule has 27 heteroatoms. The molecular weight excluding hydrogens is 1280 g/mol. The lowest BCUT2D eigenvalue weighted by Crippen LogP contribution is -2.41. The first-order valence-corrected chi connectivity index (χ1v) is 30.3. The number of nitriles is 2. The number of hydrogen-bond donors (Lipinski definition) is 3. The van der Waals surface area contributed by atoms with E-state index in [1.54, 1.807) is 88.9 Å². The van der Waals surface area contributed by atoms with Crippen molar-refractivity contribution in [3.63, 3.8) is 0 Å². The Hall–Kier alpha value is -8.96. The molecule has 87 heavy (non-hydrogen) atoms. The van der Waals surface area contributed by atoms with E-state index in [1.807, 2.05) is 125 Å². The zero-order valence-corrected chi connectivity index (χ0v) is 52.4. The Morgan fingerprint density at radius 3 is 1.71 bits per heavy atom. The smallest absolute Gasteiger partial charge is 0.399 e.